The molecule has 0 fully saturated rings. The average Bonchev–Trinajstić information content (AvgIpc) is 2.59. The standard InChI is InChI=1S/C21H26N2O2S/c1-13-9-10-18(11-16(13)4)26-17(5)21(25)22-12-19(24)23-20-14(2)7-6-8-15(20)3/h6-11,17H,12H2,1-5H3,(H,22,25)(H,23,24). The van der Waals surface area contributed by atoms with Crippen LogP contribution in [0, 0.1) is 27.7 Å². The molecule has 0 spiro atoms. The van der Waals surface area contributed by atoms with Gasteiger partial charge < -0.3 is 10.6 Å². The average molecular weight is 371 g/mol. The summed E-state index contributed by atoms with van der Waals surface area (Å²) < 4.78 is 0. The van der Waals surface area contributed by atoms with Gasteiger partial charge in [0.1, 0.15) is 0 Å². The van der Waals surface area contributed by atoms with E-state index in [-0.39, 0.29) is 23.6 Å². The number of amides is 2. The molecule has 0 saturated carbocycles. The summed E-state index contributed by atoms with van der Waals surface area (Å²) in [5, 5.41) is 5.32. The number of thioether (sulfide) groups is 1. The third-order valence-electron chi connectivity index (χ3n) is 4.33. The van der Waals surface area contributed by atoms with Crippen LogP contribution in [-0.4, -0.2) is 23.6 Å². The Balaban J connectivity index is 1.87. The predicted octanol–water partition coefficient (Wildman–Crippen LogP) is 4.16. The fraction of sp³-hybridized carbons (Fsp3) is 0.333. The van der Waals surface area contributed by atoms with Crippen molar-refractivity contribution in [2.75, 3.05) is 11.9 Å². The first kappa shape index (κ1) is 20.0. The van der Waals surface area contributed by atoms with E-state index in [0.717, 1.165) is 21.7 Å². The van der Waals surface area contributed by atoms with Gasteiger partial charge in [-0.3, -0.25) is 9.59 Å². The number of para-hydroxylation sites is 1. The summed E-state index contributed by atoms with van der Waals surface area (Å²) >= 11 is 1.49. The molecule has 0 aromatic heterocycles. The van der Waals surface area contributed by atoms with Crippen LogP contribution in [0.2, 0.25) is 0 Å². The molecule has 4 nitrogen and oxygen atoms in total. The van der Waals surface area contributed by atoms with Crippen molar-refractivity contribution >= 4 is 29.3 Å². The predicted molar refractivity (Wildman–Crippen MR) is 109 cm³/mol. The quantitative estimate of drug-likeness (QED) is 0.751. The van der Waals surface area contributed by atoms with E-state index in [1.165, 1.54) is 22.9 Å². The minimum absolute atomic E-state index is 0.0373. The lowest BCUT2D eigenvalue weighted by molar-refractivity contribution is -0.123. The van der Waals surface area contributed by atoms with Crippen molar-refractivity contribution in [1.82, 2.24) is 5.32 Å². The molecule has 2 N–H and O–H groups in total. The molecule has 0 aliphatic carbocycles. The topological polar surface area (TPSA) is 58.2 Å². The van der Waals surface area contributed by atoms with Crippen molar-refractivity contribution in [2.45, 2.75) is 44.8 Å². The van der Waals surface area contributed by atoms with Crippen molar-refractivity contribution in [1.29, 1.82) is 0 Å². The highest BCUT2D eigenvalue weighted by atomic mass is 32.2. The molecule has 1 atom stereocenters. The van der Waals surface area contributed by atoms with Crippen LogP contribution < -0.4 is 10.6 Å². The first-order chi connectivity index (χ1) is 12.3. The monoisotopic (exact) mass is 370 g/mol. The van der Waals surface area contributed by atoms with Crippen molar-refractivity contribution in [2.24, 2.45) is 0 Å². The molecule has 0 aliphatic heterocycles. The fourth-order valence-electron chi connectivity index (χ4n) is 2.55. The highest BCUT2D eigenvalue weighted by Crippen LogP contribution is 2.25. The van der Waals surface area contributed by atoms with Gasteiger partial charge in [-0.05, 0) is 69.0 Å². The maximum absolute atomic E-state index is 12.3. The van der Waals surface area contributed by atoms with Gasteiger partial charge in [0.05, 0.1) is 11.8 Å². The van der Waals surface area contributed by atoms with Crippen molar-refractivity contribution in [3.63, 3.8) is 0 Å². The SMILES string of the molecule is Cc1ccc(SC(C)C(=O)NCC(=O)Nc2c(C)cccc2C)cc1C. The van der Waals surface area contributed by atoms with Crippen LogP contribution in [0.1, 0.15) is 29.2 Å². The Hall–Kier alpha value is -2.27. The van der Waals surface area contributed by atoms with E-state index in [2.05, 4.69) is 36.6 Å². The molecule has 2 rings (SSSR count). The second-order valence-corrected chi connectivity index (χ2v) is 7.95. The number of carbonyl (C=O) groups excluding carboxylic acids is 2. The number of nitrogens with one attached hydrogen (secondary N) is 2. The summed E-state index contributed by atoms with van der Waals surface area (Å²) in [5.74, 6) is -0.371. The zero-order chi connectivity index (χ0) is 19.3. The maximum Gasteiger partial charge on any atom is 0.243 e. The number of hydrogen-bond acceptors (Lipinski definition) is 3. The number of aryl methyl sites for hydroxylation is 4. The van der Waals surface area contributed by atoms with E-state index in [1.807, 2.05) is 45.0 Å². The zero-order valence-corrected chi connectivity index (χ0v) is 16.8. The normalized spacial score (nSPS) is 11.7. The van der Waals surface area contributed by atoms with Crippen LogP contribution in [0.15, 0.2) is 41.3 Å². The zero-order valence-electron chi connectivity index (χ0n) is 16.0. The van der Waals surface area contributed by atoms with E-state index in [4.69, 9.17) is 0 Å². The lowest BCUT2D eigenvalue weighted by Crippen LogP contribution is -2.37. The van der Waals surface area contributed by atoms with Crippen LogP contribution >= 0.6 is 11.8 Å². The highest BCUT2D eigenvalue weighted by molar-refractivity contribution is 8.00. The lowest BCUT2D eigenvalue weighted by atomic mass is 10.1. The Morgan fingerprint density at radius 2 is 1.62 bits per heavy atom. The molecule has 26 heavy (non-hydrogen) atoms. The molecule has 0 aliphatic rings. The van der Waals surface area contributed by atoms with E-state index in [1.54, 1.807) is 0 Å². The highest BCUT2D eigenvalue weighted by Gasteiger charge is 2.16. The lowest BCUT2D eigenvalue weighted by Gasteiger charge is -2.14. The summed E-state index contributed by atoms with van der Waals surface area (Å²) in [5.41, 5.74) is 5.25. The molecule has 138 valence electrons. The molecule has 0 radical (unpaired) electrons. The first-order valence-corrected chi connectivity index (χ1v) is 9.53. The van der Waals surface area contributed by atoms with Crippen molar-refractivity contribution in [3.8, 4) is 0 Å². The van der Waals surface area contributed by atoms with Gasteiger partial charge in [0, 0.05) is 10.6 Å². The second kappa shape index (κ2) is 8.90. The third kappa shape index (κ3) is 5.36. The molecule has 0 heterocycles. The molecule has 0 bridgehead atoms. The molecular weight excluding hydrogens is 344 g/mol. The van der Waals surface area contributed by atoms with Gasteiger partial charge in [-0.15, -0.1) is 11.8 Å². The minimum Gasteiger partial charge on any atom is -0.346 e. The summed E-state index contributed by atoms with van der Waals surface area (Å²) in [6.45, 7) is 9.83. The molecule has 2 aromatic carbocycles. The molecule has 2 aromatic rings. The third-order valence-corrected chi connectivity index (χ3v) is 5.42. The van der Waals surface area contributed by atoms with Crippen molar-refractivity contribution in [3.05, 3.63) is 58.7 Å². The van der Waals surface area contributed by atoms with E-state index in [9.17, 15) is 9.59 Å². The Labute approximate surface area is 159 Å². The Kier molecular flexibility index (Phi) is 6.86. The van der Waals surface area contributed by atoms with Crippen LogP contribution in [0.5, 0.6) is 0 Å². The molecule has 2 amide bonds. The Morgan fingerprint density at radius 3 is 2.23 bits per heavy atom. The van der Waals surface area contributed by atoms with Gasteiger partial charge in [0.25, 0.3) is 0 Å². The molecule has 0 saturated heterocycles. The molecular formula is C21H26N2O2S. The van der Waals surface area contributed by atoms with Crippen LogP contribution in [0.3, 0.4) is 0 Å². The van der Waals surface area contributed by atoms with Crippen molar-refractivity contribution < 1.29 is 9.59 Å². The summed E-state index contributed by atoms with van der Waals surface area (Å²) in [6.07, 6.45) is 0. The summed E-state index contributed by atoms with van der Waals surface area (Å²) in [7, 11) is 0. The largest absolute Gasteiger partial charge is 0.346 e. The Bertz CT molecular complexity index is 797. The van der Waals surface area contributed by atoms with E-state index >= 15 is 0 Å². The molecule has 1 unspecified atom stereocenters. The van der Waals surface area contributed by atoms with Crippen LogP contribution in [0.4, 0.5) is 5.69 Å². The number of carbonyl (C=O) groups is 2. The smallest absolute Gasteiger partial charge is 0.243 e. The fourth-order valence-corrected chi connectivity index (χ4v) is 3.54. The minimum atomic E-state index is -0.273. The van der Waals surface area contributed by atoms with Gasteiger partial charge >= 0.3 is 0 Å². The van der Waals surface area contributed by atoms with Gasteiger partial charge in [-0.2, -0.15) is 0 Å². The summed E-state index contributed by atoms with van der Waals surface area (Å²) in [4.78, 5) is 25.5. The van der Waals surface area contributed by atoms with E-state index < -0.39 is 0 Å². The second-order valence-electron chi connectivity index (χ2n) is 6.54. The number of hydrogen-bond donors (Lipinski definition) is 2. The van der Waals surface area contributed by atoms with Gasteiger partial charge in [-0.1, -0.05) is 24.3 Å². The maximum atomic E-state index is 12.3. The van der Waals surface area contributed by atoms with Crippen LogP contribution in [0.25, 0.3) is 0 Å². The molecule has 5 heteroatoms. The van der Waals surface area contributed by atoms with Gasteiger partial charge in [0.2, 0.25) is 11.8 Å². The van der Waals surface area contributed by atoms with E-state index in [0.29, 0.717) is 0 Å². The van der Waals surface area contributed by atoms with Gasteiger partial charge in [-0.25, -0.2) is 0 Å². The number of rotatable bonds is 6. The van der Waals surface area contributed by atoms with Crippen LogP contribution in [-0.2, 0) is 9.59 Å². The van der Waals surface area contributed by atoms with Gasteiger partial charge in [0.15, 0.2) is 0 Å². The first-order valence-electron chi connectivity index (χ1n) is 8.65. The number of benzene rings is 2. The summed E-state index contributed by atoms with van der Waals surface area (Å²) in [6, 6.07) is 12.0. The Morgan fingerprint density at radius 1 is 0.962 bits per heavy atom. The number of anilines is 1.